The molecule has 130 valence electrons. The summed E-state index contributed by atoms with van der Waals surface area (Å²) in [5.74, 6) is -0.455. The lowest BCUT2D eigenvalue weighted by atomic mass is 10.2. The number of rotatable bonds is 7. The van der Waals surface area contributed by atoms with Gasteiger partial charge in [0, 0.05) is 13.1 Å². The number of hydrogen-bond acceptors (Lipinski definition) is 4. The second-order valence-corrected chi connectivity index (χ2v) is 5.59. The van der Waals surface area contributed by atoms with Gasteiger partial charge in [0.2, 0.25) is 0 Å². The molecule has 0 saturated carbocycles. The van der Waals surface area contributed by atoms with Gasteiger partial charge in [0.15, 0.2) is 6.10 Å². The van der Waals surface area contributed by atoms with E-state index in [1.54, 1.807) is 43.3 Å². The van der Waals surface area contributed by atoms with Gasteiger partial charge < -0.3 is 15.4 Å². The Morgan fingerprint density at radius 2 is 2.04 bits per heavy atom. The molecule has 1 atom stereocenters. The third-order valence-corrected chi connectivity index (χ3v) is 3.69. The Kier molecular flexibility index (Phi) is 6.61. The van der Waals surface area contributed by atoms with E-state index in [1.807, 2.05) is 0 Å². The van der Waals surface area contributed by atoms with Crippen molar-refractivity contribution in [2.75, 3.05) is 18.4 Å². The van der Waals surface area contributed by atoms with E-state index in [2.05, 4.69) is 10.6 Å². The van der Waals surface area contributed by atoms with Gasteiger partial charge in [-0.05, 0) is 31.2 Å². The summed E-state index contributed by atoms with van der Waals surface area (Å²) in [6.07, 6.45) is -0.719. The topological polar surface area (TPSA) is 74.2 Å². The second kappa shape index (κ2) is 8.90. The molecule has 2 aromatic rings. The number of amides is 1. The van der Waals surface area contributed by atoms with Gasteiger partial charge in [-0.2, -0.15) is 5.26 Å². The first kappa shape index (κ1) is 18.6. The summed E-state index contributed by atoms with van der Waals surface area (Å²) >= 11 is 5.99. The molecule has 0 spiro atoms. The van der Waals surface area contributed by atoms with Gasteiger partial charge in [0.1, 0.15) is 23.2 Å². The Bertz CT molecular complexity index is 792. The Hall–Kier alpha value is -2.78. The minimum absolute atomic E-state index is 0.0516. The molecule has 0 aromatic heterocycles. The molecule has 25 heavy (non-hydrogen) atoms. The fourth-order valence-electron chi connectivity index (χ4n) is 2.10. The zero-order valence-electron chi connectivity index (χ0n) is 13.6. The monoisotopic (exact) mass is 361 g/mol. The van der Waals surface area contributed by atoms with E-state index in [0.29, 0.717) is 23.0 Å². The number of ether oxygens (including phenoxy) is 1. The van der Waals surface area contributed by atoms with Crippen molar-refractivity contribution in [3.63, 3.8) is 0 Å². The molecule has 2 N–H and O–H groups in total. The first-order valence-corrected chi connectivity index (χ1v) is 8.02. The van der Waals surface area contributed by atoms with Gasteiger partial charge in [-0.25, -0.2) is 4.39 Å². The number of nitrogens with zero attached hydrogens (tertiary/aromatic N) is 1. The van der Waals surface area contributed by atoms with Crippen LogP contribution < -0.4 is 15.4 Å². The summed E-state index contributed by atoms with van der Waals surface area (Å²) < 4.78 is 19.0. The summed E-state index contributed by atoms with van der Waals surface area (Å²) in [5, 5.41) is 15.0. The third kappa shape index (κ3) is 5.10. The Balaban J connectivity index is 1.80. The number of anilines is 1. The molecule has 1 unspecified atom stereocenters. The summed E-state index contributed by atoms with van der Waals surface area (Å²) in [6.45, 7) is 2.24. The molecule has 0 fully saturated rings. The number of hydrogen-bond donors (Lipinski definition) is 2. The highest BCUT2D eigenvalue weighted by Crippen LogP contribution is 2.24. The molecule has 0 aliphatic carbocycles. The molecular weight excluding hydrogens is 345 g/mol. The Morgan fingerprint density at radius 1 is 1.28 bits per heavy atom. The Labute approximate surface area is 150 Å². The van der Waals surface area contributed by atoms with Gasteiger partial charge in [0.25, 0.3) is 5.91 Å². The second-order valence-electron chi connectivity index (χ2n) is 5.18. The minimum Gasteiger partial charge on any atom is -0.479 e. The van der Waals surface area contributed by atoms with Gasteiger partial charge in [-0.3, -0.25) is 4.79 Å². The maximum atomic E-state index is 13.5. The highest BCUT2D eigenvalue weighted by Gasteiger charge is 2.15. The van der Waals surface area contributed by atoms with Crippen LogP contribution in [0.25, 0.3) is 0 Å². The van der Waals surface area contributed by atoms with Crippen molar-refractivity contribution in [2.45, 2.75) is 13.0 Å². The van der Waals surface area contributed by atoms with Crippen LogP contribution in [0.2, 0.25) is 5.02 Å². The van der Waals surface area contributed by atoms with Crippen LogP contribution in [0.3, 0.4) is 0 Å². The van der Waals surface area contributed by atoms with Gasteiger partial charge in [0.05, 0.1) is 10.7 Å². The van der Waals surface area contributed by atoms with E-state index in [-0.39, 0.29) is 18.0 Å². The molecule has 0 aliphatic heterocycles. The molecule has 5 nitrogen and oxygen atoms in total. The van der Waals surface area contributed by atoms with E-state index in [0.717, 1.165) is 0 Å². The summed E-state index contributed by atoms with van der Waals surface area (Å²) in [4.78, 5) is 12.0. The van der Waals surface area contributed by atoms with Gasteiger partial charge >= 0.3 is 0 Å². The van der Waals surface area contributed by atoms with Crippen LogP contribution >= 0.6 is 11.6 Å². The molecule has 0 bridgehead atoms. The fourth-order valence-corrected chi connectivity index (χ4v) is 2.28. The lowest BCUT2D eigenvalue weighted by Gasteiger charge is -2.16. The van der Waals surface area contributed by atoms with Crippen LogP contribution in [-0.2, 0) is 4.79 Å². The molecule has 2 rings (SSSR count). The third-order valence-electron chi connectivity index (χ3n) is 3.37. The first-order valence-electron chi connectivity index (χ1n) is 7.64. The SMILES string of the molecule is CC(Oc1ccccc1Cl)C(=O)NCCNc1cccc(F)c1C#N. The number of nitrogens with one attached hydrogen (secondary N) is 2. The highest BCUT2D eigenvalue weighted by atomic mass is 35.5. The number of para-hydroxylation sites is 1. The average molecular weight is 362 g/mol. The smallest absolute Gasteiger partial charge is 0.260 e. The van der Waals surface area contributed by atoms with Gasteiger partial charge in [-0.15, -0.1) is 0 Å². The lowest BCUT2D eigenvalue weighted by Crippen LogP contribution is -2.38. The van der Waals surface area contributed by atoms with Crippen LogP contribution in [0.5, 0.6) is 5.75 Å². The largest absolute Gasteiger partial charge is 0.479 e. The van der Waals surface area contributed by atoms with E-state index in [1.165, 1.54) is 12.1 Å². The first-order chi connectivity index (χ1) is 12.0. The van der Waals surface area contributed by atoms with Crippen molar-refractivity contribution < 1.29 is 13.9 Å². The quantitative estimate of drug-likeness (QED) is 0.742. The summed E-state index contributed by atoms with van der Waals surface area (Å²) in [6, 6.07) is 13.0. The van der Waals surface area contributed by atoms with Crippen LogP contribution in [0.15, 0.2) is 42.5 Å². The van der Waals surface area contributed by atoms with E-state index in [9.17, 15) is 9.18 Å². The normalized spacial score (nSPS) is 11.3. The van der Waals surface area contributed by atoms with E-state index >= 15 is 0 Å². The molecular formula is C18H17ClFN3O2. The number of benzene rings is 2. The molecule has 0 radical (unpaired) electrons. The van der Waals surface area contributed by atoms with E-state index in [4.69, 9.17) is 21.6 Å². The molecule has 0 aliphatic rings. The zero-order chi connectivity index (χ0) is 18.2. The molecule has 0 heterocycles. The van der Waals surface area contributed by atoms with Crippen LogP contribution in [0.4, 0.5) is 10.1 Å². The highest BCUT2D eigenvalue weighted by molar-refractivity contribution is 6.32. The van der Waals surface area contributed by atoms with Crippen molar-refractivity contribution in [1.29, 1.82) is 5.26 Å². The van der Waals surface area contributed by atoms with Crippen LogP contribution in [0.1, 0.15) is 12.5 Å². The molecule has 1 amide bonds. The van der Waals surface area contributed by atoms with E-state index < -0.39 is 11.9 Å². The molecule has 7 heteroatoms. The lowest BCUT2D eigenvalue weighted by molar-refractivity contribution is -0.127. The molecule has 2 aromatic carbocycles. The van der Waals surface area contributed by atoms with Crippen molar-refractivity contribution in [3.8, 4) is 11.8 Å². The van der Waals surface area contributed by atoms with Crippen molar-refractivity contribution in [1.82, 2.24) is 5.32 Å². The number of carbonyl (C=O) groups is 1. The minimum atomic E-state index is -0.719. The maximum Gasteiger partial charge on any atom is 0.260 e. The number of halogens is 2. The average Bonchev–Trinajstić information content (AvgIpc) is 2.60. The van der Waals surface area contributed by atoms with Gasteiger partial charge in [-0.1, -0.05) is 29.8 Å². The maximum absolute atomic E-state index is 13.5. The standard InChI is InChI=1S/C18H17ClFN3O2/c1-12(25-17-8-3-2-5-14(17)19)18(24)23-10-9-22-16-7-4-6-15(20)13(16)11-21/h2-8,12,22H,9-10H2,1H3,(H,23,24). The fraction of sp³-hybridized carbons (Fsp3) is 0.222. The number of carbonyl (C=O) groups excluding carboxylic acids is 1. The van der Waals surface area contributed by atoms with Crippen molar-refractivity contribution in [3.05, 3.63) is 58.9 Å². The summed E-state index contributed by atoms with van der Waals surface area (Å²) in [5.41, 5.74) is 0.335. The predicted octanol–water partition coefficient (Wildman–Crippen LogP) is 3.35. The molecule has 0 saturated heterocycles. The summed E-state index contributed by atoms with van der Waals surface area (Å²) in [7, 11) is 0. The number of nitriles is 1. The predicted molar refractivity (Wildman–Crippen MR) is 94.2 cm³/mol. The Morgan fingerprint density at radius 3 is 2.76 bits per heavy atom. The van der Waals surface area contributed by atoms with Crippen LogP contribution in [0, 0.1) is 17.1 Å². The van der Waals surface area contributed by atoms with Crippen LogP contribution in [-0.4, -0.2) is 25.1 Å². The zero-order valence-corrected chi connectivity index (χ0v) is 14.3. The van der Waals surface area contributed by atoms with Crippen molar-refractivity contribution in [2.24, 2.45) is 0 Å². The van der Waals surface area contributed by atoms with Crippen molar-refractivity contribution >= 4 is 23.2 Å².